The number of anilines is 1. The smallest absolute Gasteiger partial charge is 0.332 e. The number of quaternary nitrogens is 1. The van der Waals surface area contributed by atoms with E-state index in [-0.39, 0.29) is 24.5 Å². The van der Waals surface area contributed by atoms with Crippen LogP contribution in [0.4, 0.5) is 5.82 Å². The van der Waals surface area contributed by atoms with E-state index < -0.39 is 17.0 Å². The second kappa shape index (κ2) is 9.44. The van der Waals surface area contributed by atoms with E-state index in [4.69, 9.17) is 10.5 Å². The number of benzene rings is 2. The summed E-state index contributed by atoms with van der Waals surface area (Å²) in [7, 11) is 4.80. The van der Waals surface area contributed by atoms with Gasteiger partial charge in [-0.3, -0.25) is 18.7 Å². The molecule has 162 valence electrons. The fourth-order valence-electron chi connectivity index (χ4n) is 3.56. The minimum Gasteiger partial charge on any atom is -0.496 e. The molecule has 3 rings (SSSR count). The highest BCUT2D eigenvalue weighted by molar-refractivity contribution is 6.00. The Morgan fingerprint density at radius 1 is 1.06 bits per heavy atom. The average molecular weight is 423 g/mol. The highest BCUT2D eigenvalue weighted by atomic mass is 16.5. The molecule has 0 amide bonds. The van der Waals surface area contributed by atoms with Gasteiger partial charge in [0, 0.05) is 12.6 Å². The number of para-hydroxylation sites is 1. The Bertz CT molecular complexity index is 1200. The molecule has 0 spiro atoms. The molecule has 0 radical (unpaired) electrons. The van der Waals surface area contributed by atoms with Crippen molar-refractivity contribution < 1.29 is 14.4 Å². The maximum Gasteiger partial charge on any atom is 0.332 e. The van der Waals surface area contributed by atoms with Gasteiger partial charge >= 0.3 is 5.69 Å². The SMILES string of the molecule is COc1ccccc1C[NH+](C)CC(=O)c1c(N)n(Cc2ccccc2)c(=O)n(C)c1=O. The molecule has 0 aliphatic heterocycles. The van der Waals surface area contributed by atoms with Gasteiger partial charge in [0.25, 0.3) is 5.56 Å². The van der Waals surface area contributed by atoms with Crippen molar-refractivity contribution in [2.24, 2.45) is 7.05 Å². The minimum absolute atomic E-state index is 0.0427. The van der Waals surface area contributed by atoms with Crippen LogP contribution in [0.5, 0.6) is 5.75 Å². The van der Waals surface area contributed by atoms with Gasteiger partial charge in [-0.1, -0.05) is 42.5 Å². The number of aromatic nitrogens is 2. The van der Waals surface area contributed by atoms with Gasteiger partial charge in [0.15, 0.2) is 0 Å². The fourth-order valence-corrected chi connectivity index (χ4v) is 3.56. The number of nitrogens with zero attached hydrogens (tertiary/aromatic N) is 2. The molecule has 0 bridgehead atoms. The monoisotopic (exact) mass is 423 g/mol. The van der Waals surface area contributed by atoms with Crippen molar-refractivity contribution in [1.29, 1.82) is 0 Å². The lowest BCUT2D eigenvalue weighted by molar-refractivity contribution is -0.884. The number of hydrogen-bond donors (Lipinski definition) is 2. The topological polar surface area (TPSA) is 101 Å². The number of nitrogen functional groups attached to an aromatic ring is 1. The summed E-state index contributed by atoms with van der Waals surface area (Å²) in [6.07, 6.45) is 0. The van der Waals surface area contributed by atoms with Crippen LogP contribution in [0.15, 0.2) is 64.2 Å². The largest absolute Gasteiger partial charge is 0.496 e. The molecule has 1 unspecified atom stereocenters. The number of rotatable bonds is 8. The normalized spacial score (nSPS) is 11.8. The van der Waals surface area contributed by atoms with Gasteiger partial charge in [0.2, 0.25) is 5.78 Å². The second-order valence-corrected chi connectivity index (χ2v) is 7.52. The third kappa shape index (κ3) is 4.75. The lowest BCUT2D eigenvalue weighted by atomic mass is 10.1. The highest BCUT2D eigenvalue weighted by Gasteiger charge is 2.24. The Hall–Kier alpha value is -3.65. The Morgan fingerprint density at radius 3 is 2.39 bits per heavy atom. The molecule has 0 saturated heterocycles. The summed E-state index contributed by atoms with van der Waals surface area (Å²) in [6, 6.07) is 16.8. The van der Waals surface area contributed by atoms with Crippen molar-refractivity contribution in [2.45, 2.75) is 13.1 Å². The number of Topliss-reactive ketones (excluding diaryl/α,β-unsaturated/α-hetero) is 1. The molecular formula is C23H27N4O4+. The lowest BCUT2D eigenvalue weighted by Gasteiger charge is -2.17. The van der Waals surface area contributed by atoms with Crippen LogP contribution >= 0.6 is 0 Å². The van der Waals surface area contributed by atoms with Gasteiger partial charge in [-0.2, -0.15) is 0 Å². The zero-order valence-electron chi connectivity index (χ0n) is 17.9. The Kier molecular flexibility index (Phi) is 6.71. The molecule has 3 aromatic rings. The second-order valence-electron chi connectivity index (χ2n) is 7.52. The van der Waals surface area contributed by atoms with E-state index in [0.717, 1.165) is 26.3 Å². The quantitative estimate of drug-likeness (QED) is 0.500. The molecule has 3 N–H and O–H groups in total. The summed E-state index contributed by atoms with van der Waals surface area (Å²) in [5, 5.41) is 0. The zero-order chi connectivity index (χ0) is 22.5. The zero-order valence-corrected chi connectivity index (χ0v) is 17.9. The van der Waals surface area contributed by atoms with Crippen LogP contribution in [-0.4, -0.2) is 35.6 Å². The first-order valence-corrected chi connectivity index (χ1v) is 9.93. The van der Waals surface area contributed by atoms with Gasteiger partial charge in [0.05, 0.1) is 20.7 Å². The van der Waals surface area contributed by atoms with Crippen LogP contribution in [0, 0.1) is 0 Å². The van der Waals surface area contributed by atoms with E-state index in [1.54, 1.807) is 7.11 Å². The maximum atomic E-state index is 13.0. The maximum absolute atomic E-state index is 13.0. The number of likely N-dealkylation sites (N-methyl/N-ethyl adjacent to an activating group) is 1. The molecule has 8 heteroatoms. The lowest BCUT2D eigenvalue weighted by Crippen LogP contribution is -3.08. The van der Waals surface area contributed by atoms with Gasteiger partial charge in [0.1, 0.15) is 30.2 Å². The van der Waals surface area contributed by atoms with Crippen LogP contribution < -0.4 is 26.6 Å². The molecule has 8 nitrogen and oxygen atoms in total. The van der Waals surface area contributed by atoms with Crippen LogP contribution in [0.2, 0.25) is 0 Å². The predicted octanol–water partition coefficient (Wildman–Crippen LogP) is 0.0837. The molecule has 0 saturated carbocycles. The number of hydrogen-bond acceptors (Lipinski definition) is 5. The number of carbonyl (C=O) groups is 1. The third-order valence-corrected chi connectivity index (χ3v) is 5.19. The number of nitrogens with one attached hydrogen (secondary N) is 1. The van der Waals surface area contributed by atoms with Crippen molar-refractivity contribution in [3.05, 3.63) is 92.1 Å². The van der Waals surface area contributed by atoms with E-state index >= 15 is 0 Å². The first-order valence-electron chi connectivity index (χ1n) is 9.93. The number of nitrogens with two attached hydrogens (primary N) is 1. The van der Waals surface area contributed by atoms with Crippen LogP contribution in [-0.2, 0) is 20.1 Å². The van der Waals surface area contributed by atoms with Crippen molar-refractivity contribution in [3.63, 3.8) is 0 Å². The van der Waals surface area contributed by atoms with E-state index in [2.05, 4.69) is 0 Å². The fraction of sp³-hybridized carbons (Fsp3) is 0.261. The Balaban J connectivity index is 1.90. The summed E-state index contributed by atoms with van der Waals surface area (Å²) in [6.45, 7) is 0.741. The number of methoxy groups -OCH3 is 1. The Morgan fingerprint density at radius 2 is 1.71 bits per heavy atom. The first-order chi connectivity index (χ1) is 14.8. The van der Waals surface area contributed by atoms with E-state index in [9.17, 15) is 14.4 Å². The highest BCUT2D eigenvalue weighted by Crippen LogP contribution is 2.15. The van der Waals surface area contributed by atoms with E-state index in [1.807, 2.05) is 61.6 Å². The van der Waals surface area contributed by atoms with Gasteiger partial charge < -0.3 is 15.4 Å². The molecule has 31 heavy (non-hydrogen) atoms. The van der Waals surface area contributed by atoms with Gasteiger partial charge in [-0.15, -0.1) is 0 Å². The van der Waals surface area contributed by atoms with Crippen LogP contribution in [0.1, 0.15) is 21.5 Å². The van der Waals surface area contributed by atoms with Gasteiger partial charge in [-0.05, 0) is 17.7 Å². The third-order valence-electron chi connectivity index (χ3n) is 5.19. The van der Waals surface area contributed by atoms with Crippen molar-refractivity contribution in [3.8, 4) is 5.75 Å². The molecule has 1 heterocycles. The molecule has 1 aromatic heterocycles. The molecule has 1 atom stereocenters. The van der Waals surface area contributed by atoms with E-state index in [1.165, 1.54) is 11.6 Å². The van der Waals surface area contributed by atoms with Crippen LogP contribution in [0.3, 0.4) is 0 Å². The van der Waals surface area contributed by atoms with Crippen molar-refractivity contribution in [2.75, 3.05) is 26.4 Å². The average Bonchev–Trinajstić information content (AvgIpc) is 2.76. The number of ether oxygens (including phenoxy) is 1. The van der Waals surface area contributed by atoms with Gasteiger partial charge in [-0.25, -0.2) is 4.79 Å². The summed E-state index contributed by atoms with van der Waals surface area (Å²) in [4.78, 5) is 39.3. The molecule has 0 aliphatic rings. The minimum atomic E-state index is -0.679. The van der Waals surface area contributed by atoms with Crippen molar-refractivity contribution >= 4 is 11.6 Å². The predicted molar refractivity (Wildman–Crippen MR) is 119 cm³/mol. The van der Waals surface area contributed by atoms with E-state index in [0.29, 0.717) is 6.54 Å². The Labute approximate surface area is 180 Å². The summed E-state index contributed by atoms with van der Waals surface area (Å²) in [5.74, 6) is 0.223. The number of carbonyl (C=O) groups excluding carboxylic acids is 1. The van der Waals surface area contributed by atoms with Crippen molar-refractivity contribution in [1.82, 2.24) is 9.13 Å². The molecule has 0 fully saturated rings. The van der Waals surface area contributed by atoms with Crippen LogP contribution in [0.25, 0.3) is 0 Å². The number of ketones is 1. The summed E-state index contributed by atoms with van der Waals surface area (Å²) < 4.78 is 7.56. The summed E-state index contributed by atoms with van der Waals surface area (Å²) in [5.41, 5.74) is 6.57. The molecular weight excluding hydrogens is 396 g/mol. The molecule has 2 aromatic carbocycles. The first kappa shape index (κ1) is 22.0. The standard InChI is InChI=1S/C23H26N4O4/c1-25(14-17-11-7-8-12-19(17)31-3)15-18(28)20-21(24)27(23(30)26(2)22(20)29)13-16-9-5-4-6-10-16/h4-12H,13-15,24H2,1-3H3/p+1. The molecule has 0 aliphatic carbocycles. The summed E-state index contributed by atoms with van der Waals surface area (Å²) >= 11 is 0.